The molecule has 1 unspecified atom stereocenters. The Bertz CT molecular complexity index is 569. The SMILES string of the molecule is CCCNC(=O)C(C)n1cc(S(=O)(=O)Cl)nc1CCC. The number of aryl methyl sites for hydroxylation is 1. The maximum atomic E-state index is 12.0. The van der Waals surface area contributed by atoms with Gasteiger partial charge in [-0.15, -0.1) is 0 Å². The van der Waals surface area contributed by atoms with Crippen LogP contribution in [0.4, 0.5) is 0 Å². The average Bonchev–Trinajstić information content (AvgIpc) is 2.79. The number of imidazole rings is 1. The first-order valence-corrected chi connectivity index (χ1v) is 8.92. The van der Waals surface area contributed by atoms with Gasteiger partial charge >= 0.3 is 0 Å². The van der Waals surface area contributed by atoms with Crippen LogP contribution in [0.5, 0.6) is 0 Å². The van der Waals surface area contributed by atoms with E-state index in [1.165, 1.54) is 6.20 Å². The Morgan fingerprint density at radius 3 is 2.60 bits per heavy atom. The van der Waals surface area contributed by atoms with Crippen molar-refractivity contribution in [3.05, 3.63) is 12.0 Å². The molecule has 0 aliphatic carbocycles. The number of aromatic nitrogens is 2. The van der Waals surface area contributed by atoms with Crippen molar-refractivity contribution < 1.29 is 13.2 Å². The van der Waals surface area contributed by atoms with Crippen molar-refractivity contribution in [3.63, 3.8) is 0 Å². The summed E-state index contributed by atoms with van der Waals surface area (Å²) in [5, 5.41) is 2.57. The van der Waals surface area contributed by atoms with Gasteiger partial charge in [0, 0.05) is 29.8 Å². The molecule has 1 amide bonds. The summed E-state index contributed by atoms with van der Waals surface area (Å²) in [5.41, 5.74) is 0. The number of hydrogen-bond donors (Lipinski definition) is 1. The van der Waals surface area contributed by atoms with E-state index >= 15 is 0 Å². The van der Waals surface area contributed by atoms with Gasteiger partial charge in [-0.1, -0.05) is 13.8 Å². The Kier molecular flexibility index (Phi) is 6.01. The second-order valence-electron chi connectivity index (χ2n) is 4.56. The first-order valence-electron chi connectivity index (χ1n) is 6.61. The molecule has 1 heterocycles. The lowest BCUT2D eigenvalue weighted by Crippen LogP contribution is -2.32. The molecule has 0 fully saturated rings. The third-order valence-electron chi connectivity index (χ3n) is 2.86. The van der Waals surface area contributed by atoms with E-state index in [1.54, 1.807) is 11.5 Å². The van der Waals surface area contributed by atoms with Crippen LogP contribution in [0.2, 0.25) is 0 Å². The van der Waals surface area contributed by atoms with Crippen LogP contribution in [0.15, 0.2) is 11.2 Å². The summed E-state index contributed by atoms with van der Waals surface area (Å²) in [6.07, 6.45) is 3.54. The van der Waals surface area contributed by atoms with Crippen LogP contribution >= 0.6 is 10.7 Å². The highest BCUT2D eigenvalue weighted by molar-refractivity contribution is 8.13. The van der Waals surface area contributed by atoms with Crippen LogP contribution in [0.25, 0.3) is 0 Å². The maximum Gasteiger partial charge on any atom is 0.280 e. The molecule has 114 valence electrons. The van der Waals surface area contributed by atoms with Crippen LogP contribution in [0.1, 0.15) is 45.5 Å². The zero-order chi connectivity index (χ0) is 15.3. The Hall–Kier alpha value is -1.08. The number of nitrogens with one attached hydrogen (secondary N) is 1. The molecule has 1 N–H and O–H groups in total. The first-order chi connectivity index (χ1) is 9.31. The summed E-state index contributed by atoms with van der Waals surface area (Å²) < 4.78 is 24.3. The molecule has 0 radical (unpaired) electrons. The number of carbonyl (C=O) groups excluding carboxylic acids is 1. The summed E-state index contributed by atoms with van der Waals surface area (Å²) >= 11 is 0. The molecule has 0 aliphatic rings. The molecule has 0 saturated carbocycles. The molecule has 1 aromatic rings. The van der Waals surface area contributed by atoms with E-state index in [1.807, 2.05) is 13.8 Å². The lowest BCUT2D eigenvalue weighted by molar-refractivity contribution is -0.123. The van der Waals surface area contributed by atoms with Crippen molar-refractivity contribution in [1.29, 1.82) is 0 Å². The highest BCUT2D eigenvalue weighted by Gasteiger charge is 2.23. The quantitative estimate of drug-likeness (QED) is 0.777. The Morgan fingerprint density at radius 1 is 1.45 bits per heavy atom. The van der Waals surface area contributed by atoms with Gasteiger partial charge in [0.1, 0.15) is 11.9 Å². The summed E-state index contributed by atoms with van der Waals surface area (Å²) in [4.78, 5) is 16.0. The molecule has 6 nitrogen and oxygen atoms in total. The molecule has 0 spiro atoms. The van der Waals surface area contributed by atoms with Gasteiger partial charge < -0.3 is 9.88 Å². The largest absolute Gasteiger partial charge is 0.354 e. The van der Waals surface area contributed by atoms with E-state index in [4.69, 9.17) is 10.7 Å². The second-order valence-corrected chi connectivity index (χ2v) is 7.07. The minimum Gasteiger partial charge on any atom is -0.354 e. The molecule has 1 atom stereocenters. The molecule has 8 heteroatoms. The molecule has 0 bridgehead atoms. The van der Waals surface area contributed by atoms with Gasteiger partial charge in [0.15, 0.2) is 5.03 Å². The monoisotopic (exact) mass is 321 g/mol. The predicted molar refractivity (Wildman–Crippen MR) is 77.3 cm³/mol. The lowest BCUT2D eigenvalue weighted by Gasteiger charge is -2.15. The zero-order valence-corrected chi connectivity index (χ0v) is 13.5. The van der Waals surface area contributed by atoms with E-state index in [-0.39, 0.29) is 10.9 Å². The second kappa shape index (κ2) is 7.08. The fourth-order valence-electron chi connectivity index (χ4n) is 1.79. The van der Waals surface area contributed by atoms with E-state index in [0.717, 1.165) is 12.8 Å². The van der Waals surface area contributed by atoms with Gasteiger partial charge in [0.2, 0.25) is 5.91 Å². The van der Waals surface area contributed by atoms with Gasteiger partial charge in [-0.3, -0.25) is 4.79 Å². The van der Waals surface area contributed by atoms with Crippen molar-refractivity contribution in [2.24, 2.45) is 0 Å². The molecule has 0 aliphatic heterocycles. The van der Waals surface area contributed by atoms with Crippen LogP contribution in [0, 0.1) is 0 Å². The standard InChI is InChI=1S/C12H20ClN3O3S/c1-4-6-10-15-11(20(13,18)19)8-16(10)9(3)12(17)14-7-5-2/h8-9H,4-7H2,1-3H3,(H,14,17). The molecule has 0 saturated heterocycles. The van der Waals surface area contributed by atoms with Crippen molar-refractivity contribution in [1.82, 2.24) is 14.9 Å². The Morgan fingerprint density at radius 2 is 2.10 bits per heavy atom. The Labute approximate surface area is 123 Å². The maximum absolute atomic E-state index is 12.0. The topological polar surface area (TPSA) is 81.1 Å². The third-order valence-corrected chi connectivity index (χ3v) is 4.03. The van der Waals surface area contributed by atoms with E-state index in [9.17, 15) is 13.2 Å². The Balaban J connectivity index is 3.08. The van der Waals surface area contributed by atoms with Gasteiger partial charge in [-0.05, 0) is 19.8 Å². The molecule has 0 aromatic carbocycles. The number of rotatable bonds is 7. The van der Waals surface area contributed by atoms with E-state index in [2.05, 4.69) is 10.3 Å². The zero-order valence-electron chi connectivity index (χ0n) is 11.9. The van der Waals surface area contributed by atoms with Crippen LogP contribution in [0.3, 0.4) is 0 Å². The number of hydrogen-bond acceptors (Lipinski definition) is 4. The van der Waals surface area contributed by atoms with Crippen molar-refractivity contribution >= 4 is 25.6 Å². The summed E-state index contributed by atoms with van der Waals surface area (Å²) in [6.45, 7) is 6.21. The molecular weight excluding hydrogens is 302 g/mol. The first kappa shape index (κ1) is 17.0. The normalized spacial score (nSPS) is 13.2. The number of carbonyl (C=O) groups is 1. The van der Waals surface area contributed by atoms with Crippen molar-refractivity contribution in [2.75, 3.05) is 6.54 Å². The van der Waals surface area contributed by atoms with E-state index in [0.29, 0.717) is 18.8 Å². The van der Waals surface area contributed by atoms with Crippen LogP contribution < -0.4 is 5.32 Å². The molecular formula is C12H20ClN3O3S. The number of halogens is 1. The third kappa shape index (κ3) is 4.21. The fourth-order valence-corrected chi connectivity index (χ4v) is 2.47. The van der Waals surface area contributed by atoms with Gasteiger partial charge in [-0.2, -0.15) is 0 Å². The van der Waals surface area contributed by atoms with Crippen molar-refractivity contribution in [3.8, 4) is 0 Å². The highest BCUT2D eigenvalue weighted by atomic mass is 35.7. The number of nitrogens with zero attached hydrogens (tertiary/aromatic N) is 2. The van der Waals surface area contributed by atoms with Crippen molar-refractivity contribution in [2.45, 2.75) is 51.1 Å². The van der Waals surface area contributed by atoms with E-state index < -0.39 is 15.1 Å². The van der Waals surface area contributed by atoms with Gasteiger partial charge in [-0.25, -0.2) is 13.4 Å². The fraction of sp³-hybridized carbons (Fsp3) is 0.667. The summed E-state index contributed by atoms with van der Waals surface area (Å²) in [7, 11) is 1.42. The molecule has 1 rings (SSSR count). The lowest BCUT2D eigenvalue weighted by atomic mass is 10.2. The minimum absolute atomic E-state index is 0.167. The molecule has 20 heavy (non-hydrogen) atoms. The summed E-state index contributed by atoms with van der Waals surface area (Å²) in [6, 6.07) is -0.525. The molecule has 1 aromatic heterocycles. The summed E-state index contributed by atoms with van der Waals surface area (Å²) in [5.74, 6) is 0.381. The highest BCUT2D eigenvalue weighted by Crippen LogP contribution is 2.19. The van der Waals surface area contributed by atoms with Gasteiger partial charge in [0.05, 0.1) is 0 Å². The van der Waals surface area contributed by atoms with Gasteiger partial charge in [0.25, 0.3) is 9.05 Å². The smallest absolute Gasteiger partial charge is 0.280 e. The van der Waals surface area contributed by atoms with Crippen LogP contribution in [-0.4, -0.2) is 30.4 Å². The minimum atomic E-state index is -3.89. The predicted octanol–water partition coefficient (Wildman–Crippen LogP) is 1.85. The number of amides is 1. The van der Waals surface area contributed by atoms with Crippen LogP contribution in [-0.2, 0) is 20.3 Å². The average molecular weight is 322 g/mol.